The van der Waals surface area contributed by atoms with E-state index in [0.29, 0.717) is 6.54 Å². The lowest BCUT2D eigenvalue weighted by Crippen LogP contribution is -2.43. The van der Waals surface area contributed by atoms with Crippen LogP contribution < -0.4 is 0 Å². The summed E-state index contributed by atoms with van der Waals surface area (Å²) in [6.07, 6.45) is -4.13. The van der Waals surface area contributed by atoms with Crippen molar-refractivity contribution in [3.05, 3.63) is 0 Å². The molecule has 3 nitrogen and oxygen atoms in total. The largest absolute Gasteiger partial charge is 0.389 e. The Bertz CT molecular complexity index is 281. The summed E-state index contributed by atoms with van der Waals surface area (Å²) in [7, 11) is 3.81. The molecule has 0 N–H and O–H groups in total. The fourth-order valence-corrected chi connectivity index (χ4v) is 2.25. The molecular formula is C12H21F3N2O. The molecule has 106 valence electrons. The first kappa shape index (κ1) is 15.4. The summed E-state index contributed by atoms with van der Waals surface area (Å²) in [4.78, 5) is 16.0. The first-order valence-electron chi connectivity index (χ1n) is 6.28. The van der Waals surface area contributed by atoms with Gasteiger partial charge in [-0.05, 0) is 40.0 Å². The first-order valence-corrected chi connectivity index (χ1v) is 6.28. The second kappa shape index (κ2) is 6.52. The highest BCUT2D eigenvalue weighted by Gasteiger charge is 2.29. The van der Waals surface area contributed by atoms with Gasteiger partial charge in [0.05, 0.1) is 6.04 Å². The molecule has 0 bridgehead atoms. The number of halogens is 3. The molecule has 1 rings (SSSR count). The Morgan fingerprint density at radius 1 is 1.28 bits per heavy atom. The molecule has 1 atom stereocenters. The fourth-order valence-electron chi connectivity index (χ4n) is 2.25. The molecular weight excluding hydrogens is 245 g/mol. The maximum absolute atomic E-state index is 12.0. The first-order chi connectivity index (χ1) is 8.29. The number of nitrogens with zero attached hydrogens (tertiary/aromatic N) is 2. The summed E-state index contributed by atoms with van der Waals surface area (Å²) in [6.45, 7) is 2.36. The summed E-state index contributed by atoms with van der Waals surface area (Å²) in [5, 5.41) is 0. The van der Waals surface area contributed by atoms with Gasteiger partial charge in [-0.1, -0.05) is 0 Å². The van der Waals surface area contributed by atoms with Gasteiger partial charge < -0.3 is 4.90 Å². The lowest BCUT2D eigenvalue weighted by molar-refractivity contribution is -0.137. The van der Waals surface area contributed by atoms with Gasteiger partial charge in [0.15, 0.2) is 5.78 Å². The average molecular weight is 266 g/mol. The lowest BCUT2D eigenvalue weighted by Gasteiger charge is -2.26. The van der Waals surface area contributed by atoms with Crippen molar-refractivity contribution in [2.24, 2.45) is 0 Å². The quantitative estimate of drug-likeness (QED) is 0.776. The number of hydrogen-bond donors (Lipinski definition) is 0. The van der Waals surface area contributed by atoms with Crippen LogP contribution in [0.1, 0.15) is 25.7 Å². The predicted molar refractivity (Wildman–Crippen MR) is 63.4 cm³/mol. The van der Waals surface area contributed by atoms with Gasteiger partial charge in [0.25, 0.3) is 0 Å². The van der Waals surface area contributed by atoms with E-state index in [2.05, 4.69) is 4.90 Å². The minimum absolute atomic E-state index is 0.0162. The van der Waals surface area contributed by atoms with Crippen LogP contribution in [0.5, 0.6) is 0 Å². The molecule has 1 aliphatic rings. The molecule has 6 heteroatoms. The monoisotopic (exact) mass is 266 g/mol. The van der Waals surface area contributed by atoms with Gasteiger partial charge in [-0.25, -0.2) is 0 Å². The topological polar surface area (TPSA) is 23.6 Å². The van der Waals surface area contributed by atoms with E-state index < -0.39 is 12.6 Å². The van der Waals surface area contributed by atoms with Crippen LogP contribution in [0.4, 0.5) is 13.2 Å². The Hall–Kier alpha value is -0.620. The molecule has 0 amide bonds. The van der Waals surface area contributed by atoms with Crippen molar-refractivity contribution in [2.45, 2.75) is 37.9 Å². The van der Waals surface area contributed by atoms with E-state index in [4.69, 9.17) is 0 Å². The van der Waals surface area contributed by atoms with E-state index in [0.717, 1.165) is 19.5 Å². The van der Waals surface area contributed by atoms with E-state index in [1.807, 2.05) is 19.0 Å². The number of carbonyl (C=O) groups excluding carboxylic acids is 1. The van der Waals surface area contributed by atoms with Gasteiger partial charge in [-0.2, -0.15) is 13.2 Å². The molecule has 0 saturated carbocycles. The van der Waals surface area contributed by atoms with E-state index in [1.54, 1.807) is 0 Å². The van der Waals surface area contributed by atoms with Crippen LogP contribution >= 0.6 is 0 Å². The molecule has 0 aliphatic carbocycles. The van der Waals surface area contributed by atoms with Crippen molar-refractivity contribution in [1.82, 2.24) is 9.80 Å². The Morgan fingerprint density at radius 2 is 1.94 bits per heavy atom. The molecule has 18 heavy (non-hydrogen) atoms. The third-order valence-electron chi connectivity index (χ3n) is 3.32. The summed E-state index contributed by atoms with van der Waals surface area (Å²) >= 11 is 0. The van der Waals surface area contributed by atoms with Crippen LogP contribution in [0, 0.1) is 0 Å². The minimum atomic E-state index is -4.16. The zero-order valence-corrected chi connectivity index (χ0v) is 11.0. The maximum atomic E-state index is 12.0. The molecule has 1 aliphatic heterocycles. The molecule has 0 aromatic rings. The second-order valence-electron chi connectivity index (χ2n) is 5.05. The van der Waals surface area contributed by atoms with Crippen molar-refractivity contribution < 1.29 is 18.0 Å². The zero-order valence-electron chi connectivity index (χ0n) is 11.0. The molecule has 1 heterocycles. The summed E-state index contributed by atoms with van der Waals surface area (Å²) < 4.78 is 36.1. The van der Waals surface area contributed by atoms with Crippen LogP contribution in [0.2, 0.25) is 0 Å². The number of likely N-dealkylation sites (N-methyl/N-ethyl adjacent to an activating group) is 2. The molecule has 0 spiro atoms. The Labute approximate surface area is 106 Å². The predicted octanol–water partition coefficient (Wildman–Crippen LogP) is 1.92. The summed E-state index contributed by atoms with van der Waals surface area (Å²) in [5.41, 5.74) is 0. The number of hydrogen-bond acceptors (Lipinski definition) is 3. The van der Waals surface area contributed by atoms with Crippen LogP contribution in [-0.2, 0) is 4.79 Å². The van der Waals surface area contributed by atoms with Crippen molar-refractivity contribution in [1.29, 1.82) is 0 Å². The number of rotatable bonds is 4. The number of alkyl halides is 3. The van der Waals surface area contributed by atoms with Gasteiger partial charge in [-0.15, -0.1) is 0 Å². The Kier molecular flexibility index (Phi) is 5.59. The molecule has 0 aromatic heterocycles. The second-order valence-corrected chi connectivity index (χ2v) is 5.05. The van der Waals surface area contributed by atoms with Crippen LogP contribution in [0.3, 0.4) is 0 Å². The SMILES string of the molecule is CN1CCCN(C)C(C(=O)CCCC(F)(F)F)C1. The number of Topliss-reactive ketones (excluding diaryl/α,β-unsaturated/α-hetero) is 1. The van der Waals surface area contributed by atoms with Crippen LogP contribution in [-0.4, -0.2) is 61.5 Å². The highest BCUT2D eigenvalue weighted by atomic mass is 19.4. The number of ketones is 1. The molecule has 1 saturated heterocycles. The standard InChI is InChI=1S/C12H21F3N2O/c1-16-7-4-8-17(2)10(9-16)11(18)5-3-6-12(13,14)15/h10H,3-9H2,1-2H3. The molecule has 0 aromatic carbocycles. The fraction of sp³-hybridized carbons (Fsp3) is 0.917. The van der Waals surface area contributed by atoms with Gasteiger partial charge >= 0.3 is 6.18 Å². The number of carbonyl (C=O) groups is 1. The average Bonchev–Trinajstić information content (AvgIpc) is 2.38. The van der Waals surface area contributed by atoms with Crippen molar-refractivity contribution in [3.63, 3.8) is 0 Å². The molecule has 1 fully saturated rings. The van der Waals surface area contributed by atoms with Crippen molar-refractivity contribution in [2.75, 3.05) is 33.7 Å². The molecule has 1 unspecified atom stereocenters. The van der Waals surface area contributed by atoms with Gasteiger partial charge in [-0.3, -0.25) is 9.69 Å². The van der Waals surface area contributed by atoms with E-state index in [1.165, 1.54) is 0 Å². The third-order valence-corrected chi connectivity index (χ3v) is 3.32. The Morgan fingerprint density at radius 3 is 2.56 bits per heavy atom. The summed E-state index contributed by atoms with van der Waals surface area (Å²) in [6, 6.07) is -0.259. The van der Waals surface area contributed by atoms with Crippen molar-refractivity contribution >= 4 is 5.78 Å². The van der Waals surface area contributed by atoms with E-state index in [-0.39, 0.29) is 24.7 Å². The minimum Gasteiger partial charge on any atom is -0.304 e. The lowest BCUT2D eigenvalue weighted by atomic mass is 10.1. The van der Waals surface area contributed by atoms with Crippen LogP contribution in [0.15, 0.2) is 0 Å². The van der Waals surface area contributed by atoms with Gasteiger partial charge in [0.1, 0.15) is 0 Å². The highest BCUT2D eigenvalue weighted by molar-refractivity contribution is 5.84. The van der Waals surface area contributed by atoms with Crippen molar-refractivity contribution in [3.8, 4) is 0 Å². The van der Waals surface area contributed by atoms with E-state index >= 15 is 0 Å². The van der Waals surface area contributed by atoms with E-state index in [9.17, 15) is 18.0 Å². The summed E-state index contributed by atoms with van der Waals surface area (Å²) in [5.74, 6) is -0.0736. The Balaban J connectivity index is 2.43. The zero-order chi connectivity index (χ0) is 13.8. The third kappa shape index (κ3) is 5.35. The highest BCUT2D eigenvalue weighted by Crippen LogP contribution is 2.23. The van der Waals surface area contributed by atoms with Gasteiger partial charge in [0, 0.05) is 19.4 Å². The maximum Gasteiger partial charge on any atom is 0.389 e. The van der Waals surface area contributed by atoms with Crippen LogP contribution in [0.25, 0.3) is 0 Å². The molecule has 0 radical (unpaired) electrons. The smallest absolute Gasteiger partial charge is 0.304 e. The van der Waals surface area contributed by atoms with Gasteiger partial charge in [0.2, 0.25) is 0 Å². The normalized spacial score (nSPS) is 23.9.